The van der Waals surface area contributed by atoms with E-state index >= 15 is 0 Å². The summed E-state index contributed by atoms with van der Waals surface area (Å²) in [6.45, 7) is 0.280. The van der Waals surface area contributed by atoms with Gasteiger partial charge in [0.05, 0.1) is 32.7 Å². The quantitative estimate of drug-likeness (QED) is 0.679. The maximum atomic E-state index is 10.9. The number of carboxylic acids is 1. The summed E-state index contributed by atoms with van der Waals surface area (Å²) in [5, 5.41) is 10.9. The minimum atomic E-state index is -1.09. The molecule has 0 radical (unpaired) electrons. The summed E-state index contributed by atoms with van der Waals surface area (Å²) in [6, 6.07) is 5.37. The average Bonchev–Trinajstić information content (AvgIpc) is 2.34. The molecule has 3 N–H and O–H groups in total. The molecule has 1 rings (SSSR count). The van der Waals surface area contributed by atoms with Crippen molar-refractivity contribution in [3.8, 4) is 11.5 Å². The lowest BCUT2D eigenvalue weighted by Crippen LogP contribution is -2.57. The highest BCUT2D eigenvalue weighted by Crippen LogP contribution is 2.31. The fraction of sp³-hybridized carbons (Fsp3) is 0.417. The van der Waals surface area contributed by atoms with Crippen LogP contribution in [0.2, 0.25) is 0 Å². The highest BCUT2D eigenvalue weighted by molar-refractivity contribution is 5.68. The van der Waals surface area contributed by atoms with Crippen molar-refractivity contribution in [1.29, 1.82) is 0 Å². The molecule has 0 bridgehead atoms. The fourth-order valence-electron chi connectivity index (χ4n) is 1.68. The summed E-state index contributed by atoms with van der Waals surface area (Å²) in [4.78, 5) is 10.9. The lowest BCUT2D eigenvalue weighted by Gasteiger charge is -2.17. The second-order valence-corrected chi connectivity index (χ2v) is 3.66. The van der Waals surface area contributed by atoms with Crippen LogP contribution in [-0.4, -0.2) is 26.7 Å². The molecule has 0 saturated heterocycles. The molecule has 1 aromatic carbocycles. The molecule has 0 heterocycles. The Morgan fingerprint density at radius 3 is 2.59 bits per heavy atom. The molecule has 0 aliphatic heterocycles. The maximum Gasteiger partial charge on any atom is 0.163 e. The first-order valence-corrected chi connectivity index (χ1v) is 5.34. The molecule has 0 aromatic heterocycles. The van der Waals surface area contributed by atoms with E-state index in [2.05, 4.69) is 5.73 Å². The third-order valence-corrected chi connectivity index (χ3v) is 2.63. The Morgan fingerprint density at radius 1 is 1.41 bits per heavy atom. The average molecular weight is 239 g/mol. The Kier molecular flexibility index (Phi) is 4.78. The number of quaternary nitrogens is 1. The number of benzene rings is 1. The van der Waals surface area contributed by atoms with Crippen LogP contribution in [0.25, 0.3) is 0 Å². The third kappa shape index (κ3) is 3.10. The number of carbonyl (C=O) groups excluding carboxylic acids is 1. The van der Waals surface area contributed by atoms with Gasteiger partial charge in [-0.3, -0.25) is 0 Å². The number of para-hydroxylation sites is 1. The zero-order valence-corrected chi connectivity index (χ0v) is 10.1. The SMILES string of the molecule is COc1cccc(C[C@@H](C[NH3+])C(=O)[O-])c1OC. The van der Waals surface area contributed by atoms with E-state index in [1.807, 2.05) is 6.07 Å². The Balaban J connectivity index is 3.01. The van der Waals surface area contributed by atoms with E-state index in [9.17, 15) is 9.90 Å². The van der Waals surface area contributed by atoms with Crippen LogP contribution in [0, 0.1) is 5.92 Å². The number of hydrogen-bond donors (Lipinski definition) is 1. The molecular weight excluding hydrogens is 222 g/mol. The van der Waals surface area contributed by atoms with Gasteiger partial charge in [0.15, 0.2) is 11.5 Å². The largest absolute Gasteiger partial charge is 0.550 e. The maximum absolute atomic E-state index is 10.9. The minimum Gasteiger partial charge on any atom is -0.550 e. The Bertz CT molecular complexity index is 392. The zero-order valence-electron chi connectivity index (χ0n) is 10.1. The summed E-state index contributed by atoms with van der Waals surface area (Å²) in [6.07, 6.45) is 0.326. The standard InChI is InChI=1S/C12H17NO4/c1-16-10-5-3-4-8(11(10)17-2)6-9(7-13)12(14)15/h3-5,9H,6-7,13H2,1-2H3,(H,14,15)/t9-/m0/s1. The molecule has 0 spiro atoms. The van der Waals surface area contributed by atoms with E-state index in [0.717, 1.165) is 5.56 Å². The van der Waals surface area contributed by atoms with Crippen LogP contribution in [0.15, 0.2) is 18.2 Å². The van der Waals surface area contributed by atoms with E-state index < -0.39 is 11.9 Å². The van der Waals surface area contributed by atoms with Crippen molar-refractivity contribution in [2.24, 2.45) is 5.92 Å². The topological polar surface area (TPSA) is 86.2 Å². The number of carbonyl (C=O) groups is 1. The normalized spacial score (nSPS) is 11.9. The minimum absolute atomic E-state index is 0.280. The molecule has 0 saturated carbocycles. The van der Waals surface area contributed by atoms with Crippen LogP contribution < -0.4 is 20.3 Å². The highest BCUT2D eigenvalue weighted by Gasteiger charge is 2.16. The zero-order chi connectivity index (χ0) is 12.8. The van der Waals surface area contributed by atoms with Crippen LogP contribution in [0.5, 0.6) is 11.5 Å². The molecule has 1 atom stereocenters. The molecular formula is C12H17NO4. The van der Waals surface area contributed by atoms with Gasteiger partial charge >= 0.3 is 0 Å². The van der Waals surface area contributed by atoms with E-state index in [4.69, 9.17) is 9.47 Å². The number of rotatable bonds is 6. The summed E-state index contributed by atoms with van der Waals surface area (Å²) < 4.78 is 10.4. The van der Waals surface area contributed by atoms with Crippen molar-refractivity contribution in [2.75, 3.05) is 20.8 Å². The first-order chi connectivity index (χ1) is 8.13. The third-order valence-electron chi connectivity index (χ3n) is 2.63. The van der Waals surface area contributed by atoms with Crippen LogP contribution in [-0.2, 0) is 11.2 Å². The predicted molar refractivity (Wildman–Crippen MR) is 59.5 cm³/mol. The van der Waals surface area contributed by atoms with E-state index in [1.165, 1.54) is 7.11 Å². The highest BCUT2D eigenvalue weighted by atomic mass is 16.5. The van der Waals surface area contributed by atoms with Crippen molar-refractivity contribution >= 4 is 5.97 Å². The molecule has 94 valence electrons. The number of carboxylic acid groups (broad SMARTS) is 1. The molecule has 0 unspecified atom stereocenters. The number of aliphatic carboxylic acids is 1. The second kappa shape index (κ2) is 6.10. The van der Waals surface area contributed by atoms with Crippen LogP contribution in [0.4, 0.5) is 0 Å². The lowest BCUT2D eigenvalue weighted by atomic mass is 9.98. The van der Waals surface area contributed by atoms with Gasteiger partial charge in [-0.25, -0.2) is 0 Å². The fourth-order valence-corrected chi connectivity index (χ4v) is 1.68. The van der Waals surface area contributed by atoms with Crippen LogP contribution in [0.3, 0.4) is 0 Å². The summed E-state index contributed by atoms with van der Waals surface area (Å²) >= 11 is 0. The smallest absolute Gasteiger partial charge is 0.163 e. The van der Waals surface area contributed by atoms with Crippen molar-refractivity contribution in [2.45, 2.75) is 6.42 Å². The second-order valence-electron chi connectivity index (χ2n) is 3.66. The molecule has 17 heavy (non-hydrogen) atoms. The molecule has 0 aliphatic carbocycles. The van der Waals surface area contributed by atoms with Crippen molar-refractivity contribution in [3.63, 3.8) is 0 Å². The number of ether oxygens (including phenoxy) is 2. The van der Waals surface area contributed by atoms with Crippen LogP contribution >= 0.6 is 0 Å². The number of methoxy groups -OCH3 is 2. The predicted octanol–water partition coefficient (Wildman–Crippen LogP) is -1.15. The van der Waals surface area contributed by atoms with E-state index in [0.29, 0.717) is 17.9 Å². The summed E-state index contributed by atoms with van der Waals surface area (Å²) in [5.74, 6) is -0.554. The van der Waals surface area contributed by atoms with Gasteiger partial charge in [0.25, 0.3) is 0 Å². The van der Waals surface area contributed by atoms with Gasteiger partial charge in [-0.1, -0.05) is 12.1 Å². The van der Waals surface area contributed by atoms with Gasteiger partial charge in [0.2, 0.25) is 0 Å². The van der Waals surface area contributed by atoms with Gasteiger partial charge in [-0.2, -0.15) is 0 Å². The van der Waals surface area contributed by atoms with Gasteiger partial charge in [-0.05, 0) is 18.1 Å². The first-order valence-electron chi connectivity index (χ1n) is 5.34. The molecule has 5 nitrogen and oxygen atoms in total. The number of hydrogen-bond acceptors (Lipinski definition) is 4. The van der Waals surface area contributed by atoms with E-state index in [1.54, 1.807) is 19.2 Å². The van der Waals surface area contributed by atoms with Gasteiger partial charge < -0.3 is 25.1 Å². The molecule has 0 aliphatic rings. The monoisotopic (exact) mass is 239 g/mol. The molecule has 0 amide bonds. The van der Waals surface area contributed by atoms with Gasteiger partial charge in [-0.15, -0.1) is 0 Å². The summed E-state index contributed by atoms with van der Waals surface area (Å²) in [7, 11) is 3.07. The Morgan fingerprint density at radius 2 is 2.12 bits per heavy atom. The molecule has 5 heteroatoms. The first kappa shape index (κ1) is 13.3. The van der Waals surface area contributed by atoms with Crippen molar-refractivity contribution in [3.05, 3.63) is 23.8 Å². The lowest BCUT2D eigenvalue weighted by molar-refractivity contribution is -0.387. The van der Waals surface area contributed by atoms with Crippen molar-refractivity contribution < 1.29 is 25.1 Å². The molecule has 1 aromatic rings. The molecule has 0 fully saturated rings. The Labute approximate surface area is 100 Å². The van der Waals surface area contributed by atoms with Crippen molar-refractivity contribution in [1.82, 2.24) is 0 Å². The Hall–Kier alpha value is -1.75. The van der Waals surface area contributed by atoms with E-state index in [-0.39, 0.29) is 6.54 Å². The van der Waals surface area contributed by atoms with Gasteiger partial charge in [0, 0.05) is 0 Å². The summed E-state index contributed by atoms with van der Waals surface area (Å²) in [5.41, 5.74) is 4.39. The van der Waals surface area contributed by atoms with Crippen LogP contribution in [0.1, 0.15) is 5.56 Å². The van der Waals surface area contributed by atoms with Gasteiger partial charge in [0.1, 0.15) is 0 Å².